The number of halogens is 1. The summed E-state index contributed by atoms with van der Waals surface area (Å²) in [6.07, 6.45) is 1.03. The first-order valence-corrected chi connectivity index (χ1v) is 6.43. The summed E-state index contributed by atoms with van der Waals surface area (Å²) >= 11 is 5.44. The van der Waals surface area contributed by atoms with E-state index in [9.17, 15) is 9.59 Å². The van der Waals surface area contributed by atoms with Crippen LogP contribution in [0.1, 0.15) is 28.8 Å². The Morgan fingerprint density at radius 3 is 2.63 bits per heavy atom. The molecule has 100 valence electrons. The van der Waals surface area contributed by atoms with Crippen molar-refractivity contribution in [1.29, 1.82) is 0 Å². The largest absolute Gasteiger partial charge is 0.461 e. The Morgan fingerprint density at radius 1 is 1.32 bits per heavy atom. The van der Waals surface area contributed by atoms with Crippen LogP contribution >= 0.6 is 11.6 Å². The van der Waals surface area contributed by atoms with Crippen LogP contribution in [0.2, 0.25) is 0 Å². The molecule has 19 heavy (non-hydrogen) atoms. The zero-order valence-electron chi connectivity index (χ0n) is 10.2. The van der Waals surface area contributed by atoms with E-state index in [1.807, 2.05) is 0 Å². The number of alkyl halides is 1. The molecule has 0 saturated heterocycles. The van der Waals surface area contributed by atoms with Crippen LogP contribution in [0.15, 0.2) is 29.4 Å². The molecule has 0 unspecified atom stereocenters. The molecule has 6 heteroatoms. The molecule has 1 aromatic carbocycles. The predicted octanol–water partition coefficient (Wildman–Crippen LogP) is 1.70. The fourth-order valence-electron chi connectivity index (χ4n) is 1.70. The summed E-state index contributed by atoms with van der Waals surface area (Å²) in [6.45, 7) is 0.195. The third-order valence-corrected chi connectivity index (χ3v) is 2.82. The van der Waals surface area contributed by atoms with Gasteiger partial charge < -0.3 is 4.74 Å². The highest BCUT2D eigenvalue weighted by Gasteiger charge is 2.14. The second-order valence-corrected chi connectivity index (χ2v) is 4.37. The van der Waals surface area contributed by atoms with Crippen molar-refractivity contribution in [3.05, 3.63) is 35.4 Å². The number of amides is 1. The number of carbonyl (C=O) groups is 2. The van der Waals surface area contributed by atoms with E-state index in [0.717, 1.165) is 11.3 Å². The van der Waals surface area contributed by atoms with Gasteiger partial charge in [0.2, 0.25) is 5.91 Å². The maximum atomic E-state index is 11.6. The lowest BCUT2D eigenvalue weighted by atomic mass is 10.0. The number of hydrogen-bond acceptors (Lipinski definition) is 4. The van der Waals surface area contributed by atoms with Gasteiger partial charge >= 0.3 is 5.97 Å². The predicted molar refractivity (Wildman–Crippen MR) is 71.4 cm³/mol. The fourth-order valence-corrected chi connectivity index (χ4v) is 1.77. The molecular formula is C13H13ClN2O3. The normalized spacial score (nSPS) is 14.6. The molecule has 0 radical (unpaired) electrons. The molecule has 1 amide bonds. The van der Waals surface area contributed by atoms with Gasteiger partial charge in [-0.25, -0.2) is 10.2 Å². The number of esters is 1. The molecule has 0 aliphatic carbocycles. The lowest BCUT2D eigenvalue weighted by molar-refractivity contribution is -0.121. The van der Waals surface area contributed by atoms with Crippen molar-refractivity contribution in [2.75, 3.05) is 12.5 Å². The lowest BCUT2D eigenvalue weighted by Crippen LogP contribution is -2.25. The number of ether oxygens (including phenoxy) is 1. The molecule has 1 heterocycles. The number of rotatable bonds is 4. The summed E-state index contributed by atoms with van der Waals surface area (Å²) in [5.41, 5.74) is 4.59. The first-order chi connectivity index (χ1) is 9.20. The topological polar surface area (TPSA) is 67.8 Å². The van der Waals surface area contributed by atoms with E-state index in [-0.39, 0.29) is 18.4 Å². The summed E-state index contributed by atoms with van der Waals surface area (Å²) in [4.78, 5) is 22.6. The van der Waals surface area contributed by atoms with Gasteiger partial charge in [0.25, 0.3) is 0 Å². The molecule has 0 fully saturated rings. The average Bonchev–Trinajstić information content (AvgIpc) is 2.46. The molecule has 0 atom stereocenters. The average molecular weight is 281 g/mol. The van der Waals surface area contributed by atoms with Crippen LogP contribution in [0.3, 0.4) is 0 Å². The van der Waals surface area contributed by atoms with Crippen LogP contribution in [0.4, 0.5) is 0 Å². The van der Waals surface area contributed by atoms with E-state index >= 15 is 0 Å². The maximum absolute atomic E-state index is 11.6. The van der Waals surface area contributed by atoms with Gasteiger partial charge in [-0.3, -0.25) is 4.79 Å². The third kappa shape index (κ3) is 3.54. The van der Waals surface area contributed by atoms with Crippen LogP contribution < -0.4 is 5.43 Å². The van der Waals surface area contributed by atoms with Gasteiger partial charge in [0, 0.05) is 12.8 Å². The Morgan fingerprint density at radius 2 is 2.05 bits per heavy atom. The molecule has 0 aromatic heterocycles. The first-order valence-electron chi connectivity index (χ1n) is 5.89. The van der Waals surface area contributed by atoms with Crippen molar-refractivity contribution in [3.63, 3.8) is 0 Å². The molecule has 1 aliphatic rings. The number of nitrogens with zero attached hydrogens (tertiary/aromatic N) is 1. The highest BCUT2D eigenvalue weighted by molar-refractivity contribution is 6.18. The molecule has 0 spiro atoms. The number of benzene rings is 1. The van der Waals surface area contributed by atoms with E-state index in [1.165, 1.54) is 0 Å². The van der Waals surface area contributed by atoms with Crippen LogP contribution in [0.5, 0.6) is 0 Å². The van der Waals surface area contributed by atoms with Crippen molar-refractivity contribution in [2.24, 2.45) is 5.10 Å². The molecule has 1 aromatic rings. The van der Waals surface area contributed by atoms with Crippen molar-refractivity contribution in [2.45, 2.75) is 12.8 Å². The Balaban J connectivity index is 2.06. The monoisotopic (exact) mass is 280 g/mol. The van der Waals surface area contributed by atoms with Crippen molar-refractivity contribution in [1.82, 2.24) is 5.43 Å². The smallest absolute Gasteiger partial charge is 0.338 e. The summed E-state index contributed by atoms with van der Waals surface area (Å²) in [5, 5.41) is 3.99. The van der Waals surface area contributed by atoms with Crippen molar-refractivity contribution in [3.8, 4) is 0 Å². The van der Waals surface area contributed by atoms with Gasteiger partial charge in [0.05, 0.1) is 17.2 Å². The van der Waals surface area contributed by atoms with Gasteiger partial charge in [-0.15, -0.1) is 11.6 Å². The van der Waals surface area contributed by atoms with Gasteiger partial charge in [-0.1, -0.05) is 12.1 Å². The van der Waals surface area contributed by atoms with E-state index in [4.69, 9.17) is 16.3 Å². The zero-order valence-corrected chi connectivity index (χ0v) is 10.9. The molecular weight excluding hydrogens is 268 g/mol. The van der Waals surface area contributed by atoms with Gasteiger partial charge in [0.1, 0.15) is 6.61 Å². The van der Waals surface area contributed by atoms with Gasteiger partial charge in [-0.05, 0) is 17.7 Å². The quantitative estimate of drug-likeness (QED) is 0.674. The third-order valence-electron chi connectivity index (χ3n) is 2.67. The molecule has 5 nitrogen and oxygen atoms in total. The Kier molecular flexibility index (Phi) is 4.52. The Hall–Kier alpha value is -1.88. The number of hydrogen-bond donors (Lipinski definition) is 1. The number of carbonyl (C=O) groups excluding carboxylic acids is 2. The molecule has 1 aliphatic heterocycles. The fraction of sp³-hybridized carbons (Fsp3) is 0.308. The molecule has 0 bridgehead atoms. The van der Waals surface area contributed by atoms with E-state index < -0.39 is 5.97 Å². The second kappa shape index (κ2) is 6.33. The summed E-state index contributed by atoms with van der Waals surface area (Å²) < 4.78 is 4.92. The highest BCUT2D eigenvalue weighted by atomic mass is 35.5. The van der Waals surface area contributed by atoms with Crippen molar-refractivity contribution >= 4 is 29.2 Å². The molecule has 0 saturated carbocycles. The molecule has 1 N–H and O–H groups in total. The number of nitrogens with one attached hydrogen (secondary N) is 1. The standard InChI is InChI=1S/C13H13ClN2O3/c14-7-8-19-13(18)10-3-1-9(2-4-10)11-5-6-12(17)16-15-11/h1-4H,5-8H2,(H,16,17). The van der Waals surface area contributed by atoms with E-state index in [0.29, 0.717) is 18.4 Å². The minimum atomic E-state index is -0.397. The Labute approximate surface area is 115 Å². The SMILES string of the molecule is O=C1CCC(c2ccc(C(=O)OCCCl)cc2)=NN1. The van der Waals surface area contributed by atoms with Crippen LogP contribution in [0.25, 0.3) is 0 Å². The van der Waals surface area contributed by atoms with Crippen molar-refractivity contribution < 1.29 is 14.3 Å². The summed E-state index contributed by atoms with van der Waals surface area (Å²) in [7, 11) is 0. The first kappa shape index (κ1) is 13.5. The summed E-state index contributed by atoms with van der Waals surface area (Å²) in [5.74, 6) is -0.198. The number of hydrazone groups is 1. The second-order valence-electron chi connectivity index (χ2n) is 4.00. The zero-order chi connectivity index (χ0) is 13.7. The van der Waals surface area contributed by atoms with Crippen LogP contribution in [0, 0.1) is 0 Å². The van der Waals surface area contributed by atoms with E-state index in [2.05, 4.69) is 10.5 Å². The summed E-state index contributed by atoms with van der Waals surface area (Å²) in [6, 6.07) is 6.91. The van der Waals surface area contributed by atoms with Gasteiger partial charge in [-0.2, -0.15) is 5.10 Å². The van der Waals surface area contributed by atoms with Crippen LogP contribution in [-0.4, -0.2) is 30.1 Å². The van der Waals surface area contributed by atoms with Crippen LogP contribution in [-0.2, 0) is 9.53 Å². The van der Waals surface area contributed by atoms with E-state index in [1.54, 1.807) is 24.3 Å². The maximum Gasteiger partial charge on any atom is 0.338 e. The minimum Gasteiger partial charge on any atom is -0.461 e. The minimum absolute atomic E-state index is 0.0787. The van der Waals surface area contributed by atoms with Gasteiger partial charge in [0.15, 0.2) is 0 Å². The highest BCUT2D eigenvalue weighted by Crippen LogP contribution is 2.12. The lowest BCUT2D eigenvalue weighted by Gasteiger charge is -2.12. The Bertz CT molecular complexity index is 511. The molecule has 2 rings (SSSR count).